The van der Waals surface area contributed by atoms with Crippen molar-refractivity contribution >= 4 is 11.0 Å². The largest absolute Gasteiger partial charge is 0.357 e. The maximum atomic E-state index is 4.97. The van der Waals surface area contributed by atoms with Crippen LogP contribution in [0, 0.1) is 13.8 Å². The van der Waals surface area contributed by atoms with E-state index in [9.17, 15) is 0 Å². The van der Waals surface area contributed by atoms with Crippen LogP contribution >= 0.6 is 0 Å². The Labute approximate surface area is 154 Å². The third kappa shape index (κ3) is 2.64. The zero-order valence-electron chi connectivity index (χ0n) is 15.7. The Hall–Kier alpha value is -2.20. The molecule has 4 heteroatoms. The summed E-state index contributed by atoms with van der Waals surface area (Å²) in [7, 11) is 0. The van der Waals surface area contributed by atoms with Crippen LogP contribution in [0.1, 0.15) is 52.7 Å². The highest BCUT2D eigenvalue weighted by atomic mass is 15.2. The van der Waals surface area contributed by atoms with Crippen LogP contribution in [0.2, 0.25) is 0 Å². The van der Waals surface area contributed by atoms with Gasteiger partial charge in [-0.25, -0.2) is 0 Å². The normalized spacial score (nSPS) is 19.7. The predicted octanol–water partition coefficient (Wildman–Crippen LogP) is 4.05. The third-order valence-corrected chi connectivity index (χ3v) is 6.09. The lowest BCUT2D eigenvalue weighted by Gasteiger charge is -2.29. The summed E-state index contributed by atoms with van der Waals surface area (Å²) in [6, 6.07) is 7.14. The maximum absolute atomic E-state index is 4.97. The molecule has 1 unspecified atom stereocenters. The molecule has 26 heavy (non-hydrogen) atoms. The minimum absolute atomic E-state index is 0.580. The van der Waals surface area contributed by atoms with Crippen molar-refractivity contribution in [3.8, 4) is 0 Å². The lowest BCUT2D eigenvalue weighted by Crippen LogP contribution is -2.30. The van der Waals surface area contributed by atoms with Gasteiger partial charge in [0.25, 0.3) is 0 Å². The molecule has 0 amide bonds. The summed E-state index contributed by atoms with van der Waals surface area (Å²) in [4.78, 5) is 15.8. The van der Waals surface area contributed by atoms with Gasteiger partial charge in [-0.1, -0.05) is 6.07 Å². The van der Waals surface area contributed by atoms with Crippen molar-refractivity contribution in [2.45, 2.75) is 52.0 Å². The lowest BCUT2D eigenvalue weighted by atomic mass is 9.97. The Morgan fingerprint density at radius 2 is 2.08 bits per heavy atom. The predicted molar refractivity (Wildman–Crippen MR) is 104 cm³/mol. The van der Waals surface area contributed by atoms with Crippen LogP contribution in [-0.4, -0.2) is 32.9 Å². The van der Waals surface area contributed by atoms with E-state index in [2.05, 4.69) is 40.0 Å². The van der Waals surface area contributed by atoms with Crippen LogP contribution in [-0.2, 0) is 19.3 Å². The fraction of sp³-hybridized carbons (Fsp3) is 0.455. The van der Waals surface area contributed by atoms with Gasteiger partial charge in [-0.3, -0.25) is 14.9 Å². The van der Waals surface area contributed by atoms with Crippen molar-refractivity contribution in [2.75, 3.05) is 13.1 Å². The lowest BCUT2D eigenvalue weighted by molar-refractivity contribution is 0.244. The highest BCUT2D eigenvalue weighted by Gasteiger charge is 2.34. The molecule has 1 fully saturated rings. The molecule has 0 radical (unpaired) electrons. The van der Waals surface area contributed by atoms with Gasteiger partial charge in [0.15, 0.2) is 0 Å². The number of fused-ring (bicyclic) bond motifs is 5. The van der Waals surface area contributed by atoms with Crippen LogP contribution in [0.15, 0.2) is 24.4 Å². The summed E-state index contributed by atoms with van der Waals surface area (Å²) in [6.07, 6.45) is 7.78. The number of pyridine rings is 2. The Bertz CT molecular complexity index is 954. The zero-order valence-corrected chi connectivity index (χ0v) is 15.7. The average molecular weight is 346 g/mol. The van der Waals surface area contributed by atoms with Gasteiger partial charge in [-0.2, -0.15) is 0 Å². The van der Waals surface area contributed by atoms with Crippen LogP contribution in [0.5, 0.6) is 0 Å². The minimum atomic E-state index is 0.580. The molecule has 0 saturated carbocycles. The highest BCUT2D eigenvalue weighted by molar-refractivity contribution is 5.85. The number of hydrogen-bond donors (Lipinski definition) is 1. The Morgan fingerprint density at radius 1 is 1.15 bits per heavy atom. The SMILES string of the molecule is Cc1ccc(CCc2cc(C)nc3c4c([nH]c23)CCN2CCCC42)cn1. The number of rotatable bonds is 3. The van der Waals surface area contributed by atoms with Crippen molar-refractivity contribution in [1.29, 1.82) is 0 Å². The summed E-state index contributed by atoms with van der Waals surface area (Å²) >= 11 is 0. The molecule has 2 aliphatic heterocycles. The summed E-state index contributed by atoms with van der Waals surface area (Å²) in [5.41, 5.74) is 10.3. The number of H-pyrrole nitrogens is 1. The topological polar surface area (TPSA) is 44.8 Å². The van der Waals surface area contributed by atoms with E-state index in [-0.39, 0.29) is 0 Å². The van der Waals surface area contributed by atoms with E-state index in [4.69, 9.17) is 4.98 Å². The standard InChI is InChI=1S/C22H26N4/c1-14-5-6-16(13-23-14)7-8-17-12-15(2)24-22-20-18(25-21(17)22)9-11-26-10-3-4-19(20)26/h5-6,12-13,19,25H,3-4,7-11H2,1-2H3. The first kappa shape index (κ1) is 16.0. The van der Waals surface area contributed by atoms with E-state index in [1.165, 1.54) is 59.3 Å². The van der Waals surface area contributed by atoms with E-state index in [0.29, 0.717) is 6.04 Å². The molecular weight excluding hydrogens is 320 g/mol. The van der Waals surface area contributed by atoms with Crippen LogP contribution in [0.3, 0.4) is 0 Å². The number of nitrogens with zero attached hydrogens (tertiary/aromatic N) is 3. The Morgan fingerprint density at radius 3 is 2.92 bits per heavy atom. The highest BCUT2D eigenvalue weighted by Crippen LogP contribution is 2.41. The summed E-state index contributed by atoms with van der Waals surface area (Å²) in [6.45, 7) is 6.60. The van der Waals surface area contributed by atoms with Crippen molar-refractivity contribution < 1.29 is 0 Å². The van der Waals surface area contributed by atoms with E-state index < -0.39 is 0 Å². The number of aromatic nitrogens is 3. The van der Waals surface area contributed by atoms with Gasteiger partial charge in [-0.15, -0.1) is 0 Å². The Balaban J connectivity index is 1.53. The van der Waals surface area contributed by atoms with Gasteiger partial charge in [0.1, 0.15) is 0 Å². The van der Waals surface area contributed by atoms with E-state index in [0.717, 1.165) is 30.7 Å². The van der Waals surface area contributed by atoms with E-state index in [1.807, 2.05) is 13.1 Å². The molecule has 0 aliphatic carbocycles. The molecule has 1 atom stereocenters. The number of hydrogen-bond acceptors (Lipinski definition) is 3. The van der Waals surface area contributed by atoms with Crippen molar-refractivity contribution in [3.05, 3.63) is 58.2 Å². The monoisotopic (exact) mass is 346 g/mol. The maximum Gasteiger partial charge on any atom is 0.0935 e. The molecule has 5 rings (SSSR count). The molecular formula is C22H26N4. The third-order valence-electron chi connectivity index (χ3n) is 6.09. The number of nitrogens with one attached hydrogen (secondary N) is 1. The fourth-order valence-electron chi connectivity index (χ4n) is 4.79. The van der Waals surface area contributed by atoms with Gasteiger partial charge in [-0.05, 0) is 69.3 Å². The van der Waals surface area contributed by atoms with Crippen LogP contribution in [0.4, 0.5) is 0 Å². The van der Waals surface area contributed by atoms with Gasteiger partial charge in [0.2, 0.25) is 0 Å². The van der Waals surface area contributed by atoms with Crippen LogP contribution in [0.25, 0.3) is 11.0 Å². The first-order chi connectivity index (χ1) is 12.7. The van der Waals surface area contributed by atoms with Gasteiger partial charge >= 0.3 is 0 Å². The summed E-state index contributed by atoms with van der Waals surface area (Å²) < 4.78 is 0. The smallest absolute Gasteiger partial charge is 0.0935 e. The quantitative estimate of drug-likeness (QED) is 0.778. The molecule has 1 N–H and O–H groups in total. The first-order valence-corrected chi connectivity index (χ1v) is 9.85. The first-order valence-electron chi connectivity index (χ1n) is 9.85. The fourth-order valence-corrected chi connectivity index (χ4v) is 4.79. The van der Waals surface area contributed by atoms with Gasteiger partial charge in [0, 0.05) is 47.8 Å². The number of aryl methyl sites for hydroxylation is 4. The zero-order chi connectivity index (χ0) is 17.7. The van der Waals surface area contributed by atoms with Crippen molar-refractivity contribution in [3.63, 3.8) is 0 Å². The van der Waals surface area contributed by atoms with Crippen molar-refractivity contribution in [1.82, 2.24) is 19.9 Å². The molecule has 0 spiro atoms. The molecule has 1 saturated heterocycles. The molecule has 5 heterocycles. The van der Waals surface area contributed by atoms with Crippen molar-refractivity contribution in [2.24, 2.45) is 0 Å². The van der Waals surface area contributed by atoms with E-state index >= 15 is 0 Å². The second-order valence-corrected chi connectivity index (χ2v) is 7.92. The number of aromatic amines is 1. The van der Waals surface area contributed by atoms with E-state index in [1.54, 1.807) is 0 Å². The molecule has 0 bridgehead atoms. The molecule has 134 valence electrons. The van der Waals surface area contributed by atoms with Gasteiger partial charge in [0.05, 0.1) is 11.0 Å². The average Bonchev–Trinajstić information content (AvgIpc) is 3.24. The van der Waals surface area contributed by atoms with Gasteiger partial charge < -0.3 is 4.98 Å². The Kier molecular flexibility index (Phi) is 3.82. The molecule has 3 aromatic heterocycles. The second kappa shape index (κ2) is 6.20. The molecule has 4 nitrogen and oxygen atoms in total. The van der Waals surface area contributed by atoms with Crippen LogP contribution < -0.4 is 0 Å². The minimum Gasteiger partial charge on any atom is -0.357 e. The molecule has 2 aliphatic rings. The second-order valence-electron chi connectivity index (χ2n) is 7.92. The molecule has 0 aromatic carbocycles. The summed E-state index contributed by atoms with van der Waals surface area (Å²) in [5.74, 6) is 0. The molecule has 3 aromatic rings. The summed E-state index contributed by atoms with van der Waals surface area (Å²) in [5, 5.41) is 0.